The lowest BCUT2D eigenvalue weighted by Crippen LogP contribution is -2.19. The second-order valence-electron chi connectivity index (χ2n) is 7.32. The largest absolute Gasteiger partial charge is 0.461 e. The fourth-order valence-electron chi connectivity index (χ4n) is 3.68. The molecule has 0 spiro atoms. The van der Waals surface area contributed by atoms with Gasteiger partial charge in [-0.05, 0) is 50.1 Å². The van der Waals surface area contributed by atoms with E-state index in [-0.39, 0.29) is 17.9 Å². The average molecular weight is 399 g/mol. The Hall–Kier alpha value is -3.87. The number of rotatable bonds is 2. The van der Waals surface area contributed by atoms with Gasteiger partial charge >= 0.3 is 5.63 Å². The first kappa shape index (κ1) is 18.2. The maximum atomic E-state index is 12.6. The van der Waals surface area contributed by atoms with Crippen LogP contribution in [0, 0.1) is 20.8 Å². The Morgan fingerprint density at radius 2 is 1.57 bits per heavy atom. The molecule has 3 heterocycles. The second kappa shape index (κ2) is 6.59. The van der Waals surface area contributed by atoms with Crippen molar-refractivity contribution in [1.29, 1.82) is 0 Å². The number of benzene rings is 2. The SMILES string of the molecule is Cc1oc2cc3oc(=O)c(CC(=O)N=C4N=c5ccccc5=N4)c(C)c3cc2c1C. The van der Waals surface area contributed by atoms with Gasteiger partial charge in [0.05, 0.1) is 22.7 Å². The van der Waals surface area contributed by atoms with Crippen LogP contribution in [0.3, 0.4) is 0 Å². The van der Waals surface area contributed by atoms with Gasteiger partial charge in [0.25, 0.3) is 11.9 Å². The van der Waals surface area contributed by atoms with E-state index < -0.39 is 11.5 Å². The van der Waals surface area contributed by atoms with E-state index in [1.165, 1.54) is 0 Å². The van der Waals surface area contributed by atoms with Crippen LogP contribution in [0.4, 0.5) is 0 Å². The van der Waals surface area contributed by atoms with Crippen LogP contribution in [-0.4, -0.2) is 11.9 Å². The first-order valence-corrected chi connectivity index (χ1v) is 9.51. The summed E-state index contributed by atoms with van der Waals surface area (Å²) in [5.41, 5.74) is 2.54. The molecule has 7 heteroatoms. The maximum Gasteiger partial charge on any atom is 0.340 e. The Kier molecular flexibility index (Phi) is 3.99. The van der Waals surface area contributed by atoms with Crippen LogP contribution in [-0.2, 0) is 11.2 Å². The molecule has 0 radical (unpaired) electrons. The van der Waals surface area contributed by atoms with E-state index in [2.05, 4.69) is 15.0 Å². The second-order valence-corrected chi connectivity index (χ2v) is 7.32. The zero-order chi connectivity index (χ0) is 21.0. The van der Waals surface area contributed by atoms with Crippen molar-refractivity contribution in [3.8, 4) is 0 Å². The first-order chi connectivity index (χ1) is 14.4. The predicted molar refractivity (Wildman–Crippen MR) is 111 cm³/mol. The van der Waals surface area contributed by atoms with Crippen LogP contribution in [0.1, 0.15) is 22.5 Å². The number of fused-ring (bicyclic) bond motifs is 3. The lowest BCUT2D eigenvalue weighted by molar-refractivity contribution is -0.117. The Balaban J connectivity index is 1.55. The topological polar surface area (TPSA) is 97.5 Å². The highest BCUT2D eigenvalue weighted by atomic mass is 16.4. The van der Waals surface area contributed by atoms with E-state index in [4.69, 9.17) is 8.83 Å². The fraction of sp³-hybridized carbons (Fsp3) is 0.174. The summed E-state index contributed by atoms with van der Waals surface area (Å²) in [5.74, 6) is 0.406. The van der Waals surface area contributed by atoms with Crippen molar-refractivity contribution >= 4 is 33.8 Å². The summed E-state index contributed by atoms with van der Waals surface area (Å²) in [5, 5.41) is 3.06. The molecule has 148 valence electrons. The molecule has 0 saturated heterocycles. The minimum Gasteiger partial charge on any atom is -0.461 e. The third kappa shape index (κ3) is 2.86. The lowest BCUT2D eigenvalue weighted by atomic mass is 10.0. The van der Waals surface area contributed by atoms with Crippen LogP contribution >= 0.6 is 0 Å². The molecule has 4 aromatic rings. The standard InChI is InChI=1S/C23H17N3O4/c1-11-13(3)29-19-10-20-15(8-14(11)19)12(2)16(22(28)30-20)9-21(27)26-23-24-17-6-4-5-7-18(17)25-23/h4-8,10H,9H2,1-3H3. The highest BCUT2D eigenvalue weighted by Gasteiger charge is 2.18. The molecule has 0 aliphatic carbocycles. The van der Waals surface area contributed by atoms with Gasteiger partial charge in [0.15, 0.2) is 0 Å². The van der Waals surface area contributed by atoms with Crippen LogP contribution in [0.15, 0.2) is 65.0 Å². The van der Waals surface area contributed by atoms with Crippen LogP contribution in [0.25, 0.3) is 21.9 Å². The highest BCUT2D eigenvalue weighted by molar-refractivity contribution is 5.98. The van der Waals surface area contributed by atoms with E-state index in [1.54, 1.807) is 18.2 Å². The number of carbonyl (C=O) groups excluding carboxylic acids is 1. The normalized spacial score (nSPS) is 12.7. The van der Waals surface area contributed by atoms with Gasteiger partial charge in [0.1, 0.15) is 16.9 Å². The summed E-state index contributed by atoms with van der Waals surface area (Å²) < 4.78 is 11.2. The molecule has 0 N–H and O–H groups in total. The Morgan fingerprint density at radius 1 is 0.933 bits per heavy atom. The number of aryl methyl sites for hydroxylation is 3. The fourth-order valence-corrected chi connectivity index (χ4v) is 3.68. The van der Waals surface area contributed by atoms with Crippen molar-refractivity contribution < 1.29 is 13.6 Å². The monoisotopic (exact) mass is 399 g/mol. The minimum atomic E-state index is -0.559. The van der Waals surface area contributed by atoms with E-state index in [0.29, 0.717) is 27.4 Å². The summed E-state index contributed by atoms with van der Waals surface area (Å²) in [6, 6.07) is 10.9. The number of furan rings is 1. The van der Waals surface area contributed by atoms with Crippen molar-refractivity contribution in [2.75, 3.05) is 0 Å². The third-order valence-electron chi connectivity index (χ3n) is 5.46. The number of guanidine groups is 1. The number of hydrogen-bond acceptors (Lipinski definition) is 4. The van der Waals surface area contributed by atoms with Gasteiger partial charge in [0, 0.05) is 16.8 Å². The first-order valence-electron chi connectivity index (χ1n) is 9.51. The number of hydrogen-bond donors (Lipinski definition) is 0. The molecule has 0 bridgehead atoms. The molecule has 5 rings (SSSR count). The van der Waals surface area contributed by atoms with Gasteiger partial charge in [-0.15, -0.1) is 0 Å². The smallest absolute Gasteiger partial charge is 0.340 e. The van der Waals surface area contributed by atoms with Crippen molar-refractivity contribution in [2.24, 2.45) is 15.0 Å². The number of nitrogens with zero attached hydrogens (tertiary/aromatic N) is 3. The Labute approximate surface area is 170 Å². The number of carbonyl (C=O) groups is 1. The van der Waals surface area contributed by atoms with Crippen molar-refractivity contribution in [1.82, 2.24) is 0 Å². The molecule has 2 aromatic heterocycles. The molecule has 0 fully saturated rings. The van der Waals surface area contributed by atoms with Gasteiger partial charge < -0.3 is 8.83 Å². The van der Waals surface area contributed by atoms with Crippen molar-refractivity contribution in [2.45, 2.75) is 27.2 Å². The molecule has 1 amide bonds. The molecule has 2 aromatic carbocycles. The van der Waals surface area contributed by atoms with Gasteiger partial charge in [-0.1, -0.05) is 12.1 Å². The van der Waals surface area contributed by atoms with E-state index >= 15 is 0 Å². The molecule has 1 aliphatic heterocycles. The summed E-state index contributed by atoms with van der Waals surface area (Å²) in [4.78, 5) is 37.5. The lowest BCUT2D eigenvalue weighted by Gasteiger charge is -2.06. The van der Waals surface area contributed by atoms with E-state index in [1.807, 2.05) is 39.0 Å². The van der Waals surface area contributed by atoms with Crippen molar-refractivity contribution in [3.05, 3.63) is 80.0 Å². The van der Waals surface area contributed by atoms with Gasteiger partial charge in [-0.25, -0.2) is 14.8 Å². The van der Waals surface area contributed by atoms with Crippen LogP contribution in [0.5, 0.6) is 0 Å². The molecule has 0 saturated carbocycles. The number of aliphatic imine (C=N–C) groups is 1. The minimum absolute atomic E-state index is 0.0928. The average Bonchev–Trinajstić information content (AvgIpc) is 3.24. The molecule has 30 heavy (non-hydrogen) atoms. The molecular formula is C23H17N3O4. The Morgan fingerprint density at radius 3 is 2.27 bits per heavy atom. The zero-order valence-corrected chi connectivity index (χ0v) is 16.6. The number of para-hydroxylation sites is 2. The van der Waals surface area contributed by atoms with Crippen LogP contribution in [0.2, 0.25) is 0 Å². The summed E-state index contributed by atoms with van der Waals surface area (Å²) in [6.07, 6.45) is -0.184. The molecule has 7 nitrogen and oxygen atoms in total. The molecule has 1 aliphatic rings. The zero-order valence-electron chi connectivity index (χ0n) is 16.6. The van der Waals surface area contributed by atoms with Gasteiger partial charge in [0.2, 0.25) is 0 Å². The Bertz CT molecular complexity index is 1550. The maximum absolute atomic E-state index is 12.6. The summed E-state index contributed by atoms with van der Waals surface area (Å²) in [7, 11) is 0. The molecule has 0 unspecified atom stereocenters. The summed E-state index contributed by atoms with van der Waals surface area (Å²) in [6.45, 7) is 5.68. The van der Waals surface area contributed by atoms with Gasteiger partial charge in [-0.3, -0.25) is 4.79 Å². The van der Waals surface area contributed by atoms with Crippen LogP contribution < -0.4 is 16.3 Å². The van der Waals surface area contributed by atoms with E-state index in [0.717, 1.165) is 22.1 Å². The van der Waals surface area contributed by atoms with Gasteiger partial charge in [-0.2, -0.15) is 4.99 Å². The number of amides is 1. The molecular weight excluding hydrogens is 382 g/mol. The molecule has 0 atom stereocenters. The quantitative estimate of drug-likeness (QED) is 0.484. The van der Waals surface area contributed by atoms with E-state index in [9.17, 15) is 9.59 Å². The highest BCUT2D eigenvalue weighted by Crippen LogP contribution is 2.31. The summed E-state index contributed by atoms with van der Waals surface area (Å²) >= 11 is 0. The predicted octanol–water partition coefficient (Wildman–Crippen LogP) is 2.84. The third-order valence-corrected chi connectivity index (χ3v) is 5.46. The van der Waals surface area contributed by atoms with Crippen molar-refractivity contribution in [3.63, 3.8) is 0 Å².